The van der Waals surface area contributed by atoms with Gasteiger partial charge in [-0.1, -0.05) is 13.8 Å². The SMILES string of the molecule is CC(C)c1nc(NC(C(N)=O)C2CNC2)c2cc(C(F)(F)F)ccc2n1. The lowest BCUT2D eigenvalue weighted by Crippen LogP contribution is -2.55. The Kier molecular flexibility index (Phi) is 4.74. The van der Waals surface area contributed by atoms with Crippen LogP contribution in [-0.2, 0) is 11.0 Å². The van der Waals surface area contributed by atoms with Gasteiger partial charge in [0.2, 0.25) is 5.91 Å². The number of anilines is 1. The number of fused-ring (bicyclic) bond motifs is 1. The first-order chi connectivity index (χ1) is 12.2. The minimum Gasteiger partial charge on any atom is -0.368 e. The number of nitrogens with two attached hydrogens (primary N) is 1. The largest absolute Gasteiger partial charge is 0.416 e. The van der Waals surface area contributed by atoms with E-state index in [4.69, 9.17) is 5.73 Å². The number of amides is 1. The summed E-state index contributed by atoms with van der Waals surface area (Å²) >= 11 is 0. The molecule has 1 aromatic heterocycles. The monoisotopic (exact) mass is 367 g/mol. The third-order valence-electron chi connectivity index (χ3n) is 4.44. The van der Waals surface area contributed by atoms with Crippen LogP contribution in [0.3, 0.4) is 0 Å². The van der Waals surface area contributed by atoms with Crippen LogP contribution in [0.2, 0.25) is 0 Å². The van der Waals surface area contributed by atoms with Gasteiger partial charge < -0.3 is 16.4 Å². The molecule has 140 valence electrons. The number of carbonyl (C=O) groups excluding carboxylic acids is 1. The molecule has 3 rings (SSSR count). The summed E-state index contributed by atoms with van der Waals surface area (Å²) in [5.41, 5.74) is 5.07. The van der Waals surface area contributed by atoms with Crippen molar-refractivity contribution in [2.75, 3.05) is 18.4 Å². The van der Waals surface area contributed by atoms with Gasteiger partial charge in [-0.15, -0.1) is 0 Å². The van der Waals surface area contributed by atoms with Crippen molar-refractivity contribution in [3.63, 3.8) is 0 Å². The Morgan fingerprint density at radius 1 is 1.31 bits per heavy atom. The van der Waals surface area contributed by atoms with Crippen LogP contribution in [0.5, 0.6) is 0 Å². The zero-order valence-corrected chi connectivity index (χ0v) is 14.4. The Labute approximate surface area is 148 Å². The van der Waals surface area contributed by atoms with Crippen LogP contribution in [-0.4, -0.2) is 35.0 Å². The predicted octanol–water partition coefficient (Wildman–Crippen LogP) is 2.26. The van der Waals surface area contributed by atoms with Gasteiger partial charge in [-0.05, 0) is 18.2 Å². The number of rotatable bonds is 5. The van der Waals surface area contributed by atoms with E-state index < -0.39 is 23.7 Å². The van der Waals surface area contributed by atoms with Crippen molar-refractivity contribution < 1.29 is 18.0 Å². The first-order valence-electron chi connectivity index (χ1n) is 8.32. The number of benzene rings is 1. The van der Waals surface area contributed by atoms with Crippen molar-refractivity contribution in [1.29, 1.82) is 0 Å². The number of aromatic nitrogens is 2. The van der Waals surface area contributed by atoms with Gasteiger partial charge >= 0.3 is 6.18 Å². The summed E-state index contributed by atoms with van der Waals surface area (Å²) in [5, 5.41) is 6.22. The fourth-order valence-corrected chi connectivity index (χ4v) is 2.81. The fraction of sp³-hybridized carbons (Fsp3) is 0.471. The van der Waals surface area contributed by atoms with Crippen LogP contribution < -0.4 is 16.4 Å². The van der Waals surface area contributed by atoms with Crippen molar-refractivity contribution in [2.45, 2.75) is 32.0 Å². The topological polar surface area (TPSA) is 92.9 Å². The smallest absolute Gasteiger partial charge is 0.368 e. The molecule has 1 amide bonds. The highest BCUT2D eigenvalue weighted by molar-refractivity contribution is 5.92. The molecular weight excluding hydrogens is 347 g/mol. The third-order valence-corrected chi connectivity index (χ3v) is 4.44. The van der Waals surface area contributed by atoms with E-state index >= 15 is 0 Å². The van der Waals surface area contributed by atoms with Crippen molar-refractivity contribution in [3.05, 3.63) is 29.6 Å². The van der Waals surface area contributed by atoms with Gasteiger partial charge in [0.15, 0.2) is 0 Å². The Hall–Kier alpha value is -2.42. The van der Waals surface area contributed by atoms with Gasteiger partial charge in [0.05, 0.1) is 11.1 Å². The Bertz CT molecular complexity index is 833. The van der Waals surface area contributed by atoms with E-state index in [0.29, 0.717) is 24.4 Å². The number of alkyl halides is 3. The van der Waals surface area contributed by atoms with Crippen molar-refractivity contribution in [2.24, 2.45) is 11.7 Å². The first kappa shape index (κ1) is 18.4. The molecule has 1 aliphatic heterocycles. The lowest BCUT2D eigenvalue weighted by molar-refractivity contribution is -0.137. The highest BCUT2D eigenvalue weighted by Gasteiger charge is 2.33. The molecule has 1 aliphatic rings. The molecule has 2 heterocycles. The molecule has 0 radical (unpaired) electrons. The van der Waals surface area contributed by atoms with Gasteiger partial charge in [0.25, 0.3) is 0 Å². The summed E-state index contributed by atoms with van der Waals surface area (Å²) in [6, 6.07) is 2.59. The summed E-state index contributed by atoms with van der Waals surface area (Å²) in [6.07, 6.45) is -4.48. The number of nitrogens with zero attached hydrogens (tertiary/aromatic N) is 2. The molecular formula is C17H20F3N5O. The molecule has 1 atom stereocenters. The van der Waals surface area contributed by atoms with Crippen LogP contribution >= 0.6 is 0 Å². The van der Waals surface area contributed by atoms with E-state index in [2.05, 4.69) is 20.6 Å². The lowest BCUT2D eigenvalue weighted by atomic mass is 9.93. The van der Waals surface area contributed by atoms with E-state index in [1.54, 1.807) is 0 Å². The van der Waals surface area contributed by atoms with Gasteiger partial charge in [-0.2, -0.15) is 13.2 Å². The zero-order chi connectivity index (χ0) is 19.1. The predicted molar refractivity (Wildman–Crippen MR) is 91.6 cm³/mol. The fourth-order valence-electron chi connectivity index (χ4n) is 2.81. The minimum atomic E-state index is -4.48. The average molecular weight is 367 g/mol. The van der Waals surface area contributed by atoms with Gasteiger partial charge in [-0.3, -0.25) is 4.79 Å². The highest BCUT2D eigenvalue weighted by atomic mass is 19.4. The van der Waals surface area contributed by atoms with E-state index in [0.717, 1.165) is 12.1 Å². The van der Waals surface area contributed by atoms with Gasteiger partial charge in [0.1, 0.15) is 17.7 Å². The second-order valence-electron chi connectivity index (χ2n) is 6.76. The van der Waals surface area contributed by atoms with Crippen molar-refractivity contribution >= 4 is 22.6 Å². The molecule has 4 N–H and O–H groups in total. The molecule has 0 bridgehead atoms. The van der Waals surface area contributed by atoms with E-state index in [1.165, 1.54) is 6.07 Å². The molecule has 6 nitrogen and oxygen atoms in total. The minimum absolute atomic E-state index is 0.0281. The van der Waals surface area contributed by atoms with Crippen LogP contribution in [0.25, 0.3) is 10.9 Å². The second kappa shape index (κ2) is 6.71. The summed E-state index contributed by atoms with van der Waals surface area (Å²) in [4.78, 5) is 20.5. The summed E-state index contributed by atoms with van der Waals surface area (Å²) in [5.74, 6) is 0.0435. The molecule has 2 aromatic rings. The number of hydrogen-bond acceptors (Lipinski definition) is 5. The normalized spacial score (nSPS) is 16.5. The Balaban J connectivity index is 2.11. The van der Waals surface area contributed by atoms with Crippen LogP contribution in [0.1, 0.15) is 31.2 Å². The maximum absolute atomic E-state index is 13.1. The molecule has 26 heavy (non-hydrogen) atoms. The van der Waals surface area contributed by atoms with E-state index in [-0.39, 0.29) is 23.0 Å². The number of nitrogens with one attached hydrogen (secondary N) is 2. The average Bonchev–Trinajstić information content (AvgIpc) is 2.50. The summed E-state index contributed by atoms with van der Waals surface area (Å²) in [7, 11) is 0. The number of halogens is 3. The molecule has 0 saturated carbocycles. The van der Waals surface area contributed by atoms with Crippen LogP contribution in [0, 0.1) is 5.92 Å². The highest BCUT2D eigenvalue weighted by Crippen LogP contribution is 2.33. The van der Waals surface area contributed by atoms with Gasteiger partial charge in [0, 0.05) is 30.3 Å². The lowest BCUT2D eigenvalue weighted by Gasteiger charge is -2.33. The standard InChI is InChI=1S/C17H20F3N5O/c1-8(2)15-23-12-4-3-10(17(18,19)20)5-11(12)16(25-15)24-13(14(21)26)9-6-22-7-9/h3-5,8-9,13,22H,6-7H2,1-2H3,(H2,21,26)(H,23,24,25). The number of primary amides is 1. The molecule has 1 fully saturated rings. The molecule has 1 saturated heterocycles. The molecule has 1 unspecified atom stereocenters. The Morgan fingerprint density at radius 2 is 2.00 bits per heavy atom. The maximum atomic E-state index is 13.1. The number of hydrogen-bond donors (Lipinski definition) is 3. The van der Waals surface area contributed by atoms with Gasteiger partial charge in [-0.25, -0.2) is 9.97 Å². The second-order valence-corrected chi connectivity index (χ2v) is 6.76. The van der Waals surface area contributed by atoms with Crippen LogP contribution in [0.4, 0.5) is 19.0 Å². The quantitative estimate of drug-likeness (QED) is 0.754. The molecule has 9 heteroatoms. The molecule has 1 aromatic carbocycles. The summed E-state index contributed by atoms with van der Waals surface area (Å²) in [6.45, 7) is 4.98. The summed E-state index contributed by atoms with van der Waals surface area (Å²) < 4.78 is 39.3. The van der Waals surface area contributed by atoms with Crippen molar-refractivity contribution in [3.8, 4) is 0 Å². The van der Waals surface area contributed by atoms with Crippen LogP contribution in [0.15, 0.2) is 18.2 Å². The van der Waals surface area contributed by atoms with E-state index in [9.17, 15) is 18.0 Å². The van der Waals surface area contributed by atoms with Crippen molar-refractivity contribution in [1.82, 2.24) is 15.3 Å². The Morgan fingerprint density at radius 3 is 2.50 bits per heavy atom. The molecule has 0 aliphatic carbocycles. The van der Waals surface area contributed by atoms with E-state index in [1.807, 2.05) is 13.8 Å². The first-order valence-corrected chi connectivity index (χ1v) is 8.32. The zero-order valence-electron chi connectivity index (χ0n) is 14.4. The number of carbonyl (C=O) groups is 1. The maximum Gasteiger partial charge on any atom is 0.416 e. The molecule has 0 spiro atoms. The third kappa shape index (κ3) is 3.57.